The Balaban J connectivity index is 1.12. The van der Waals surface area contributed by atoms with Crippen molar-refractivity contribution in [1.82, 2.24) is 0 Å². The molecule has 0 spiro atoms. The zero-order valence-corrected chi connectivity index (χ0v) is 31.8. The minimum atomic E-state index is 0.923. The highest BCUT2D eigenvalue weighted by Crippen LogP contribution is 2.44. The summed E-state index contributed by atoms with van der Waals surface area (Å²) in [6, 6.07) is 34.9. The van der Waals surface area contributed by atoms with Crippen molar-refractivity contribution in [3.8, 4) is 0 Å². The summed E-state index contributed by atoms with van der Waals surface area (Å²) in [6.45, 7) is 14.6. The molecule has 0 saturated heterocycles. The first kappa shape index (κ1) is 35.0. The van der Waals surface area contributed by atoms with Gasteiger partial charge >= 0.3 is 0 Å². The minimum Gasteiger partial charge on any atom is -0.456 e. The van der Waals surface area contributed by atoms with E-state index in [4.69, 9.17) is 4.42 Å². The number of hydrogen-bond acceptors (Lipinski definition) is 2. The van der Waals surface area contributed by atoms with E-state index in [9.17, 15) is 0 Å². The smallest absolute Gasteiger partial charge is 0.136 e. The summed E-state index contributed by atoms with van der Waals surface area (Å²) in [5, 5.41) is 9.71. The number of allylic oxidation sites excluding steroid dienone is 16. The van der Waals surface area contributed by atoms with Crippen LogP contribution in [0.3, 0.4) is 0 Å². The van der Waals surface area contributed by atoms with Gasteiger partial charge in [0.15, 0.2) is 0 Å². The molecule has 2 heterocycles. The first-order chi connectivity index (χ1) is 26.5. The van der Waals surface area contributed by atoms with Crippen LogP contribution in [0.15, 0.2) is 202 Å². The van der Waals surface area contributed by atoms with Crippen LogP contribution < -0.4 is 0 Å². The minimum absolute atomic E-state index is 0.923. The Kier molecular flexibility index (Phi) is 9.78. The molecule has 0 unspecified atom stereocenters. The molecule has 0 aliphatic carbocycles. The molecule has 0 bridgehead atoms. The van der Waals surface area contributed by atoms with Crippen LogP contribution in [0.1, 0.15) is 37.5 Å². The van der Waals surface area contributed by atoms with Crippen molar-refractivity contribution < 1.29 is 4.42 Å². The highest BCUT2D eigenvalue weighted by atomic mass is 32.2. The molecule has 7 aromatic rings. The van der Waals surface area contributed by atoms with E-state index in [-0.39, 0.29) is 0 Å². The standard InChI is InChI=1S/C52H42OS/c1-6-9-18-35(5)51-43-20-10-12-22-45(43)52(46-23-13-11-21-44(46)51)37(17-8-3)27-26-36(16-7-2)34(4)25-28-41-30-40-29-38-31-47-42-19-14-15-24-48(42)53-49(47)32-39(38)33-50(40)54-41/h6-29,31-33H,2-3,30H2,1,4-5H3/b9-6-,27-26-,34-25+,35-18+,36-16-,37-17-,41-28+. The van der Waals surface area contributed by atoms with Gasteiger partial charge in [-0.1, -0.05) is 158 Å². The molecule has 2 heteroatoms. The van der Waals surface area contributed by atoms with Gasteiger partial charge in [0.05, 0.1) is 0 Å². The number of para-hydroxylation sites is 1. The summed E-state index contributed by atoms with van der Waals surface area (Å²) < 4.78 is 6.19. The quantitative estimate of drug-likeness (QED) is 0.109. The monoisotopic (exact) mass is 714 g/mol. The lowest BCUT2D eigenvalue weighted by atomic mass is 9.85. The van der Waals surface area contributed by atoms with Crippen molar-refractivity contribution in [2.24, 2.45) is 0 Å². The average molecular weight is 715 g/mol. The third-order valence-electron chi connectivity index (χ3n) is 10.3. The van der Waals surface area contributed by atoms with Crippen LogP contribution in [-0.2, 0) is 6.42 Å². The zero-order valence-electron chi connectivity index (χ0n) is 31.0. The molecule has 1 nitrogen and oxygen atoms in total. The number of benzene rings is 6. The second-order valence-electron chi connectivity index (χ2n) is 13.8. The van der Waals surface area contributed by atoms with E-state index >= 15 is 0 Å². The molecule has 0 amide bonds. The van der Waals surface area contributed by atoms with Gasteiger partial charge in [-0.05, 0) is 127 Å². The van der Waals surface area contributed by atoms with Gasteiger partial charge in [-0.3, -0.25) is 0 Å². The summed E-state index contributed by atoms with van der Waals surface area (Å²) in [6.07, 6.45) is 24.2. The van der Waals surface area contributed by atoms with Crippen molar-refractivity contribution in [2.75, 3.05) is 0 Å². The van der Waals surface area contributed by atoms with E-state index in [0.29, 0.717) is 0 Å². The molecular weight excluding hydrogens is 673 g/mol. The highest BCUT2D eigenvalue weighted by Gasteiger charge is 2.19. The molecule has 1 aliphatic heterocycles. The molecule has 8 rings (SSSR count). The first-order valence-corrected chi connectivity index (χ1v) is 19.3. The molecule has 0 radical (unpaired) electrons. The van der Waals surface area contributed by atoms with E-state index in [0.717, 1.165) is 34.1 Å². The molecule has 0 atom stereocenters. The molecule has 262 valence electrons. The molecule has 54 heavy (non-hydrogen) atoms. The van der Waals surface area contributed by atoms with Crippen LogP contribution in [0.25, 0.3) is 65.4 Å². The van der Waals surface area contributed by atoms with Gasteiger partial charge in [0.2, 0.25) is 0 Å². The number of rotatable bonds is 9. The summed E-state index contributed by atoms with van der Waals surface area (Å²) in [5.41, 5.74) is 10.3. The largest absolute Gasteiger partial charge is 0.456 e. The Bertz CT molecular complexity index is 2820. The van der Waals surface area contributed by atoms with Gasteiger partial charge in [0.25, 0.3) is 0 Å². The Morgan fingerprint density at radius 3 is 1.98 bits per heavy atom. The van der Waals surface area contributed by atoms with E-state index in [1.165, 1.54) is 75.3 Å². The predicted molar refractivity (Wildman–Crippen MR) is 238 cm³/mol. The lowest BCUT2D eigenvalue weighted by Gasteiger charge is -2.18. The second kappa shape index (κ2) is 15.1. The van der Waals surface area contributed by atoms with Gasteiger partial charge in [0.1, 0.15) is 11.2 Å². The van der Waals surface area contributed by atoms with Crippen LogP contribution in [0.2, 0.25) is 0 Å². The number of fused-ring (bicyclic) bond motifs is 7. The van der Waals surface area contributed by atoms with Crippen molar-refractivity contribution in [3.63, 3.8) is 0 Å². The van der Waals surface area contributed by atoms with Crippen LogP contribution in [0.4, 0.5) is 0 Å². The van der Waals surface area contributed by atoms with Gasteiger partial charge in [-0.25, -0.2) is 0 Å². The lowest BCUT2D eigenvalue weighted by Crippen LogP contribution is -1.94. The number of hydrogen-bond donors (Lipinski definition) is 0. The van der Waals surface area contributed by atoms with Crippen molar-refractivity contribution in [1.29, 1.82) is 0 Å². The summed E-state index contributed by atoms with van der Waals surface area (Å²) in [4.78, 5) is 2.65. The highest BCUT2D eigenvalue weighted by molar-refractivity contribution is 8.03. The zero-order chi connectivity index (χ0) is 37.2. The van der Waals surface area contributed by atoms with Crippen LogP contribution in [0.5, 0.6) is 0 Å². The molecule has 0 fully saturated rings. The van der Waals surface area contributed by atoms with Crippen molar-refractivity contribution >= 4 is 77.2 Å². The summed E-state index contributed by atoms with van der Waals surface area (Å²) >= 11 is 1.86. The third kappa shape index (κ3) is 6.55. The average Bonchev–Trinajstić information content (AvgIpc) is 3.77. The SMILES string of the molecule is C=C/C=C(/C=C\C(=C\C=C)c1c2ccccc2c(/C(C)=C/C=C\C)c2ccccc12)C(\C)=C\C=C1/Cc2cc3cc4c(cc3cc2S1)oc1ccccc14. The maximum Gasteiger partial charge on any atom is 0.136 e. The van der Waals surface area contributed by atoms with Gasteiger partial charge < -0.3 is 4.42 Å². The third-order valence-corrected chi connectivity index (χ3v) is 11.4. The maximum atomic E-state index is 6.19. The lowest BCUT2D eigenvalue weighted by molar-refractivity contribution is 0.669. The second-order valence-corrected chi connectivity index (χ2v) is 14.9. The van der Waals surface area contributed by atoms with Crippen LogP contribution in [0, 0.1) is 0 Å². The van der Waals surface area contributed by atoms with Gasteiger partial charge in [0, 0.05) is 22.1 Å². The van der Waals surface area contributed by atoms with Gasteiger partial charge in [-0.15, -0.1) is 0 Å². The topological polar surface area (TPSA) is 13.1 Å². The summed E-state index contributed by atoms with van der Waals surface area (Å²) in [5.74, 6) is 0. The van der Waals surface area contributed by atoms with Crippen molar-refractivity contribution in [2.45, 2.75) is 32.1 Å². The normalized spacial score (nSPS) is 15.3. The molecule has 1 aromatic heterocycles. The fourth-order valence-electron chi connectivity index (χ4n) is 7.71. The fraction of sp³-hybridized carbons (Fsp3) is 0.0769. The Hall–Kier alpha value is -6.09. The number of thioether (sulfide) groups is 1. The van der Waals surface area contributed by atoms with E-state index in [1.54, 1.807) is 0 Å². The van der Waals surface area contributed by atoms with Crippen LogP contribution >= 0.6 is 11.8 Å². The molecule has 6 aromatic carbocycles. The van der Waals surface area contributed by atoms with Crippen molar-refractivity contribution in [3.05, 3.63) is 210 Å². The van der Waals surface area contributed by atoms with E-state index < -0.39 is 0 Å². The fourth-order valence-corrected chi connectivity index (χ4v) is 8.81. The first-order valence-electron chi connectivity index (χ1n) is 18.5. The van der Waals surface area contributed by atoms with E-state index in [2.05, 4.69) is 174 Å². The predicted octanol–water partition coefficient (Wildman–Crippen LogP) is 15.4. The van der Waals surface area contributed by atoms with E-state index in [1.807, 2.05) is 36.0 Å². The van der Waals surface area contributed by atoms with Gasteiger partial charge in [-0.2, -0.15) is 0 Å². The molecule has 0 saturated carbocycles. The maximum absolute atomic E-state index is 6.19. The number of furan rings is 1. The Labute approximate surface area is 322 Å². The Morgan fingerprint density at radius 1 is 0.648 bits per heavy atom. The molecular formula is C52H42OS. The van der Waals surface area contributed by atoms with Crippen LogP contribution in [-0.4, -0.2) is 0 Å². The summed E-state index contributed by atoms with van der Waals surface area (Å²) in [7, 11) is 0. The Morgan fingerprint density at radius 2 is 1.30 bits per heavy atom. The molecule has 0 N–H and O–H groups in total. The molecule has 1 aliphatic rings.